The fourth-order valence-electron chi connectivity index (χ4n) is 4.80. The van der Waals surface area contributed by atoms with Crippen LogP contribution in [0.5, 0.6) is 0 Å². The van der Waals surface area contributed by atoms with Gasteiger partial charge in [0.05, 0.1) is 6.04 Å². The first-order valence-electron chi connectivity index (χ1n) is 12.6. The first kappa shape index (κ1) is 26.1. The minimum Gasteiger partial charge on any atom is -0.330 e. The molecule has 0 spiro atoms. The van der Waals surface area contributed by atoms with E-state index in [2.05, 4.69) is 26.8 Å². The first-order valence-corrected chi connectivity index (χ1v) is 13.4. The highest BCUT2D eigenvalue weighted by atomic mass is 32.1. The van der Waals surface area contributed by atoms with Gasteiger partial charge in [-0.3, -0.25) is 9.59 Å². The lowest BCUT2D eigenvalue weighted by Gasteiger charge is -2.38. The van der Waals surface area contributed by atoms with Gasteiger partial charge in [0.15, 0.2) is 0 Å². The molecule has 1 atom stereocenters. The maximum absolute atomic E-state index is 13.8. The summed E-state index contributed by atoms with van der Waals surface area (Å²) in [6.07, 6.45) is 0.781. The molecule has 0 N–H and O–H groups in total. The zero-order valence-corrected chi connectivity index (χ0v) is 22.6. The van der Waals surface area contributed by atoms with E-state index in [1.807, 2.05) is 48.4 Å². The van der Waals surface area contributed by atoms with Crippen molar-refractivity contribution >= 4 is 23.2 Å². The molecule has 1 aromatic heterocycles. The van der Waals surface area contributed by atoms with Crippen LogP contribution in [0.25, 0.3) is 0 Å². The minimum absolute atomic E-state index is 0.000694. The Hall–Kier alpha value is -2.99. The van der Waals surface area contributed by atoms with Crippen molar-refractivity contribution < 1.29 is 14.0 Å². The second-order valence-electron chi connectivity index (χ2n) is 11.0. The molecule has 1 aliphatic rings. The Labute approximate surface area is 217 Å². The molecule has 2 aromatic carbocycles. The second kappa shape index (κ2) is 10.6. The minimum atomic E-state index is -0.302. The van der Waals surface area contributed by atoms with E-state index < -0.39 is 0 Å². The summed E-state index contributed by atoms with van der Waals surface area (Å²) in [5.41, 5.74) is 3.71. The zero-order valence-electron chi connectivity index (χ0n) is 21.8. The molecule has 0 saturated heterocycles. The summed E-state index contributed by atoms with van der Waals surface area (Å²) in [6, 6.07) is 15.9. The Bertz CT molecular complexity index is 1210. The van der Waals surface area contributed by atoms with Crippen molar-refractivity contribution in [1.82, 2.24) is 9.80 Å². The van der Waals surface area contributed by atoms with E-state index in [-0.39, 0.29) is 41.6 Å². The van der Waals surface area contributed by atoms with Gasteiger partial charge in [-0.25, -0.2) is 4.39 Å². The zero-order chi connectivity index (χ0) is 26.0. The highest BCUT2D eigenvalue weighted by Crippen LogP contribution is 2.38. The van der Waals surface area contributed by atoms with E-state index in [1.165, 1.54) is 17.0 Å². The molecular formula is C30H35FN2O2S. The van der Waals surface area contributed by atoms with E-state index in [0.29, 0.717) is 18.7 Å². The Kier molecular flexibility index (Phi) is 7.65. The lowest BCUT2D eigenvalue weighted by atomic mass is 9.86. The Morgan fingerprint density at radius 2 is 1.72 bits per heavy atom. The van der Waals surface area contributed by atoms with Crippen LogP contribution in [0.3, 0.4) is 0 Å². The summed E-state index contributed by atoms with van der Waals surface area (Å²) in [4.78, 5) is 32.1. The number of carbonyl (C=O) groups excluding carboxylic acids is 2. The lowest BCUT2D eigenvalue weighted by Crippen LogP contribution is -2.47. The smallest absolute Gasteiger partial charge is 0.254 e. The third kappa shape index (κ3) is 5.70. The van der Waals surface area contributed by atoms with Crippen molar-refractivity contribution in [1.29, 1.82) is 0 Å². The molecule has 1 aliphatic heterocycles. The third-order valence-corrected chi connectivity index (χ3v) is 7.67. The number of amides is 2. The lowest BCUT2D eigenvalue weighted by molar-refractivity contribution is -0.134. The molecule has 2 heterocycles. The average Bonchev–Trinajstić information content (AvgIpc) is 3.31. The molecule has 1 unspecified atom stereocenters. The van der Waals surface area contributed by atoms with Gasteiger partial charge >= 0.3 is 0 Å². The quantitative estimate of drug-likeness (QED) is 0.385. The van der Waals surface area contributed by atoms with Gasteiger partial charge in [0.25, 0.3) is 5.91 Å². The van der Waals surface area contributed by atoms with Gasteiger partial charge in [0.2, 0.25) is 5.91 Å². The maximum atomic E-state index is 13.8. The Morgan fingerprint density at radius 1 is 1.06 bits per heavy atom. The van der Waals surface area contributed by atoms with Gasteiger partial charge in [0.1, 0.15) is 12.4 Å². The largest absolute Gasteiger partial charge is 0.330 e. The first-order chi connectivity index (χ1) is 17.0. The molecule has 0 bridgehead atoms. The van der Waals surface area contributed by atoms with Crippen LogP contribution in [0.15, 0.2) is 60.0 Å². The topological polar surface area (TPSA) is 40.6 Å². The van der Waals surface area contributed by atoms with Crippen LogP contribution in [0.1, 0.15) is 72.6 Å². The standard InChI is InChI=1S/C30H35FN2O2S/c1-20(2)18-32(29(35)22-6-10-23(11-7-22)30(3,4)5)19-27(34)33-16-14-26-25(15-17-36-26)28(33)21-8-12-24(31)13-9-21/h6-13,15,17,20,28H,14,16,18-19H2,1-5H3. The predicted octanol–water partition coefficient (Wildman–Crippen LogP) is 6.46. The van der Waals surface area contributed by atoms with Gasteiger partial charge in [-0.05, 0) is 70.2 Å². The van der Waals surface area contributed by atoms with Crippen molar-refractivity contribution in [2.45, 2.75) is 52.5 Å². The van der Waals surface area contributed by atoms with Crippen molar-refractivity contribution in [2.75, 3.05) is 19.6 Å². The summed E-state index contributed by atoms with van der Waals surface area (Å²) in [6.45, 7) is 11.6. The van der Waals surface area contributed by atoms with Crippen LogP contribution in [-0.2, 0) is 16.6 Å². The van der Waals surface area contributed by atoms with Crippen LogP contribution in [0.2, 0.25) is 0 Å². The van der Waals surface area contributed by atoms with Crippen LogP contribution in [0, 0.1) is 11.7 Å². The van der Waals surface area contributed by atoms with E-state index in [1.54, 1.807) is 28.4 Å². The number of benzene rings is 2. The molecule has 0 saturated carbocycles. The van der Waals surface area contributed by atoms with Crippen LogP contribution >= 0.6 is 11.3 Å². The van der Waals surface area contributed by atoms with E-state index in [0.717, 1.165) is 23.1 Å². The fraction of sp³-hybridized carbons (Fsp3) is 0.400. The number of halogens is 1. The number of hydrogen-bond donors (Lipinski definition) is 0. The number of thiophene rings is 1. The molecule has 0 aliphatic carbocycles. The normalized spacial score (nSPS) is 15.6. The van der Waals surface area contributed by atoms with Crippen molar-refractivity contribution in [3.8, 4) is 0 Å². The third-order valence-electron chi connectivity index (χ3n) is 6.67. The van der Waals surface area contributed by atoms with Crippen LogP contribution in [0.4, 0.5) is 4.39 Å². The van der Waals surface area contributed by atoms with Gasteiger partial charge in [-0.2, -0.15) is 0 Å². The number of hydrogen-bond acceptors (Lipinski definition) is 3. The van der Waals surface area contributed by atoms with Crippen LogP contribution in [-0.4, -0.2) is 41.2 Å². The average molecular weight is 507 g/mol. The van der Waals surface area contributed by atoms with Crippen molar-refractivity contribution in [3.05, 3.63) is 92.9 Å². The molecule has 2 amide bonds. The molecule has 4 nitrogen and oxygen atoms in total. The maximum Gasteiger partial charge on any atom is 0.254 e. The van der Waals surface area contributed by atoms with Crippen molar-refractivity contribution in [3.63, 3.8) is 0 Å². The highest BCUT2D eigenvalue weighted by molar-refractivity contribution is 7.10. The van der Waals surface area contributed by atoms with Crippen LogP contribution < -0.4 is 0 Å². The summed E-state index contributed by atoms with van der Waals surface area (Å²) < 4.78 is 13.7. The summed E-state index contributed by atoms with van der Waals surface area (Å²) in [5.74, 6) is -0.317. The second-order valence-corrected chi connectivity index (χ2v) is 12.0. The molecule has 0 radical (unpaired) electrons. The molecule has 190 valence electrons. The van der Waals surface area contributed by atoms with Gasteiger partial charge in [-0.15, -0.1) is 11.3 Å². The molecule has 0 fully saturated rings. The molecule has 3 aromatic rings. The van der Waals surface area contributed by atoms with Crippen molar-refractivity contribution in [2.24, 2.45) is 5.92 Å². The molecular weight excluding hydrogens is 471 g/mol. The Morgan fingerprint density at radius 3 is 2.33 bits per heavy atom. The number of carbonyl (C=O) groups is 2. The molecule has 4 rings (SSSR count). The number of rotatable bonds is 6. The predicted molar refractivity (Wildman–Crippen MR) is 144 cm³/mol. The fourth-order valence-corrected chi connectivity index (χ4v) is 5.70. The summed E-state index contributed by atoms with van der Waals surface area (Å²) >= 11 is 1.69. The monoisotopic (exact) mass is 506 g/mol. The van der Waals surface area contributed by atoms with Gasteiger partial charge < -0.3 is 9.80 Å². The summed E-state index contributed by atoms with van der Waals surface area (Å²) in [5, 5.41) is 2.05. The highest BCUT2D eigenvalue weighted by Gasteiger charge is 2.34. The Balaban J connectivity index is 1.60. The van der Waals surface area contributed by atoms with E-state index in [9.17, 15) is 14.0 Å². The van der Waals surface area contributed by atoms with E-state index in [4.69, 9.17) is 0 Å². The number of nitrogens with zero attached hydrogens (tertiary/aromatic N) is 2. The molecule has 6 heteroatoms. The summed E-state index contributed by atoms with van der Waals surface area (Å²) in [7, 11) is 0. The van der Waals surface area contributed by atoms with Gasteiger partial charge in [-0.1, -0.05) is 58.9 Å². The van der Waals surface area contributed by atoms with Gasteiger partial charge in [0, 0.05) is 23.5 Å². The number of fused-ring (bicyclic) bond motifs is 1. The molecule has 36 heavy (non-hydrogen) atoms. The van der Waals surface area contributed by atoms with E-state index >= 15 is 0 Å². The SMILES string of the molecule is CC(C)CN(CC(=O)N1CCc2sccc2C1c1ccc(F)cc1)C(=O)c1ccc(C(C)(C)C)cc1.